The average molecular weight is 310 g/mol. The minimum absolute atomic E-state index is 0.144. The molecule has 0 spiro atoms. The predicted octanol–water partition coefficient (Wildman–Crippen LogP) is 3.84. The lowest BCUT2D eigenvalue weighted by Gasteiger charge is -2.26. The average Bonchev–Trinajstić information content (AvgIpc) is 2.50. The second-order valence-electron chi connectivity index (χ2n) is 5.26. The molecule has 0 amide bonds. The highest BCUT2D eigenvalue weighted by molar-refractivity contribution is 5.55. The van der Waals surface area contributed by atoms with Gasteiger partial charge < -0.3 is 14.9 Å². The molecule has 2 N–H and O–H groups in total. The van der Waals surface area contributed by atoms with Crippen molar-refractivity contribution in [1.82, 2.24) is 0 Å². The summed E-state index contributed by atoms with van der Waals surface area (Å²) in [5.41, 5.74) is 0.501. The van der Waals surface area contributed by atoms with Gasteiger partial charge in [0.15, 0.2) is 11.5 Å². The molecule has 0 fully saturated rings. The van der Waals surface area contributed by atoms with Crippen molar-refractivity contribution in [2.45, 2.75) is 18.5 Å². The van der Waals surface area contributed by atoms with E-state index in [-0.39, 0.29) is 29.8 Å². The normalized spacial score (nSPS) is 17.7. The maximum absolute atomic E-state index is 12.8. The Labute approximate surface area is 124 Å². The van der Waals surface area contributed by atoms with Gasteiger partial charge in [-0.05, 0) is 29.7 Å². The highest BCUT2D eigenvalue weighted by atomic mass is 19.4. The van der Waals surface area contributed by atoms with Crippen molar-refractivity contribution in [1.29, 1.82) is 0 Å². The van der Waals surface area contributed by atoms with Crippen molar-refractivity contribution < 1.29 is 28.1 Å². The number of fused-ring (bicyclic) bond motifs is 1. The van der Waals surface area contributed by atoms with Crippen LogP contribution in [-0.2, 0) is 12.6 Å². The molecule has 0 saturated heterocycles. The largest absolute Gasteiger partial charge is 0.504 e. The maximum atomic E-state index is 12.8. The van der Waals surface area contributed by atoms with Crippen molar-refractivity contribution in [3.05, 3.63) is 53.1 Å². The summed E-state index contributed by atoms with van der Waals surface area (Å²) in [6.07, 6.45) is -3.95. The lowest BCUT2D eigenvalue weighted by molar-refractivity contribution is -0.137. The summed E-state index contributed by atoms with van der Waals surface area (Å²) in [6.45, 7) is 0.144. The van der Waals surface area contributed by atoms with Gasteiger partial charge in [0.05, 0.1) is 12.2 Å². The van der Waals surface area contributed by atoms with Gasteiger partial charge in [0.1, 0.15) is 0 Å². The summed E-state index contributed by atoms with van der Waals surface area (Å²) in [6, 6.07) is 8.11. The van der Waals surface area contributed by atoms with Gasteiger partial charge in [-0.3, -0.25) is 0 Å². The zero-order valence-electron chi connectivity index (χ0n) is 11.4. The number of aromatic hydroxyl groups is 2. The topological polar surface area (TPSA) is 49.7 Å². The van der Waals surface area contributed by atoms with E-state index in [4.69, 9.17) is 4.74 Å². The van der Waals surface area contributed by atoms with Crippen LogP contribution >= 0.6 is 0 Å². The number of halogens is 3. The van der Waals surface area contributed by atoms with E-state index >= 15 is 0 Å². The lowest BCUT2D eigenvalue weighted by Crippen LogP contribution is -2.19. The van der Waals surface area contributed by atoms with Crippen LogP contribution < -0.4 is 4.74 Å². The molecule has 3 rings (SSSR count). The molecule has 3 nitrogen and oxygen atoms in total. The first-order valence-corrected chi connectivity index (χ1v) is 6.70. The summed E-state index contributed by atoms with van der Waals surface area (Å²) in [5.74, 6) is -0.654. The van der Waals surface area contributed by atoms with E-state index in [1.165, 1.54) is 12.1 Å². The number of hydrogen-bond donors (Lipinski definition) is 2. The molecule has 6 heteroatoms. The minimum Gasteiger partial charge on any atom is -0.504 e. The minimum atomic E-state index is -4.38. The van der Waals surface area contributed by atoms with Gasteiger partial charge >= 0.3 is 6.18 Å². The van der Waals surface area contributed by atoms with E-state index in [1.807, 2.05) is 0 Å². The molecule has 0 bridgehead atoms. The molecule has 1 heterocycles. The summed E-state index contributed by atoms with van der Waals surface area (Å²) >= 11 is 0. The van der Waals surface area contributed by atoms with Gasteiger partial charge in [0, 0.05) is 5.92 Å². The summed E-state index contributed by atoms with van der Waals surface area (Å²) in [7, 11) is 0. The van der Waals surface area contributed by atoms with Crippen molar-refractivity contribution in [2.75, 3.05) is 6.61 Å². The number of phenolic OH excluding ortho intramolecular Hbond substituents is 2. The highest BCUT2D eigenvalue weighted by Crippen LogP contribution is 2.43. The maximum Gasteiger partial charge on any atom is 0.416 e. The second kappa shape index (κ2) is 5.12. The third kappa shape index (κ3) is 2.56. The van der Waals surface area contributed by atoms with Gasteiger partial charge in [-0.25, -0.2) is 0 Å². The van der Waals surface area contributed by atoms with Crippen LogP contribution in [0.2, 0.25) is 0 Å². The lowest BCUT2D eigenvalue weighted by atomic mass is 9.89. The van der Waals surface area contributed by atoms with E-state index in [9.17, 15) is 23.4 Å². The zero-order chi connectivity index (χ0) is 15.9. The molecule has 0 saturated carbocycles. The van der Waals surface area contributed by atoms with E-state index in [0.29, 0.717) is 17.5 Å². The van der Waals surface area contributed by atoms with Gasteiger partial charge in [-0.1, -0.05) is 24.3 Å². The quantitative estimate of drug-likeness (QED) is 0.787. The highest BCUT2D eigenvalue weighted by Gasteiger charge is 2.32. The third-order valence-electron chi connectivity index (χ3n) is 3.77. The van der Waals surface area contributed by atoms with Crippen molar-refractivity contribution >= 4 is 0 Å². The molecule has 2 aromatic rings. The van der Waals surface area contributed by atoms with Crippen LogP contribution in [0.4, 0.5) is 13.2 Å². The zero-order valence-corrected chi connectivity index (χ0v) is 11.4. The standard InChI is InChI=1S/C16H13F3O3/c17-16(18,19)12-3-1-2-9(7-12)11-6-10-4-5-13(20)14(21)15(10)22-8-11/h1-5,7,11,20-21H,6,8H2. The molecule has 1 atom stereocenters. The Morgan fingerprint density at radius 3 is 2.59 bits per heavy atom. The second-order valence-corrected chi connectivity index (χ2v) is 5.26. The first-order valence-electron chi connectivity index (χ1n) is 6.70. The van der Waals surface area contributed by atoms with Crippen LogP contribution in [-0.4, -0.2) is 16.8 Å². The SMILES string of the molecule is Oc1ccc2c(c1O)OCC(c1cccc(C(F)(F)F)c1)C2. The summed E-state index contributed by atoms with van der Waals surface area (Å²) in [5, 5.41) is 19.2. The Hall–Kier alpha value is -2.37. The summed E-state index contributed by atoms with van der Waals surface area (Å²) < 4.78 is 43.8. The molecule has 1 aliphatic rings. The Morgan fingerprint density at radius 2 is 1.86 bits per heavy atom. The first-order chi connectivity index (χ1) is 10.4. The van der Waals surface area contributed by atoms with E-state index in [0.717, 1.165) is 12.1 Å². The van der Waals surface area contributed by atoms with Crippen LogP contribution in [0.5, 0.6) is 17.2 Å². The molecule has 1 aliphatic heterocycles. The number of hydrogen-bond acceptors (Lipinski definition) is 3. The fourth-order valence-corrected chi connectivity index (χ4v) is 2.62. The Morgan fingerprint density at radius 1 is 1.09 bits per heavy atom. The number of phenols is 2. The fraction of sp³-hybridized carbons (Fsp3) is 0.250. The molecular weight excluding hydrogens is 297 g/mol. The van der Waals surface area contributed by atoms with E-state index in [2.05, 4.69) is 0 Å². The molecule has 1 unspecified atom stereocenters. The Kier molecular flexibility index (Phi) is 3.39. The third-order valence-corrected chi connectivity index (χ3v) is 3.77. The Bertz CT molecular complexity index is 710. The van der Waals surface area contributed by atoms with E-state index < -0.39 is 11.7 Å². The number of rotatable bonds is 1. The van der Waals surface area contributed by atoms with Crippen LogP contribution in [0.1, 0.15) is 22.6 Å². The molecule has 116 valence electrons. The van der Waals surface area contributed by atoms with Crippen molar-refractivity contribution in [2.24, 2.45) is 0 Å². The number of ether oxygens (including phenoxy) is 1. The molecule has 0 aliphatic carbocycles. The van der Waals surface area contributed by atoms with Crippen LogP contribution in [0.3, 0.4) is 0 Å². The monoisotopic (exact) mass is 310 g/mol. The predicted molar refractivity (Wildman–Crippen MR) is 73.2 cm³/mol. The number of benzene rings is 2. The Balaban J connectivity index is 1.91. The summed E-state index contributed by atoms with van der Waals surface area (Å²) in [4.78, 5) is 0. The van der Waals surface area contributed by atoms with Crippen molar-refractivity contribution in [3.63, 3.8) is 0 Å². The molecular formula is C16H13F3O3. The molecule has 0 aromatic heterocycles. The molecule has 0 radical (unpaired) electrons. The first kappa shape index (κ1) is 14.6. The van der Waals surface area contributed by atoms with Crippen LogP contribution in [0.25, 0.3) is 0 Å². The molecule has 2 aromatic carbocycles. The number of alkyl halides is 3. The van der Waals surface area contributed by atoms with E-state index in [1.54, 1.807) is 12.1 Å². The fourth-order valence-electron chi connectivity index (χ4n) is 2.62. The van der Waals surface area contributed by atoms with Crippen molar-refractivity contribution in [3.8, 4) is 17.2 Å². The smallest absolute Gasteiger partial charge is 0.416 e. The van der Waals surface area contributed by atoms with Gasteiger partial charge in [-0.2, -0.15) is 13.2 Å². The molecule has 22 heavy (non-hydrogen) atoms. The van der Waals surface area contributed by atoms with Gasteiger partial charge in [0.2, 0.25) is 5.75 Å². The van der Waals surface area contributed by atoms with Gasteiger partial charge in [-0.15, -0.1) is 0 Å². The van der Waals surface area contributed by atoms with Gasteiger partial charge in [0.25, 0.3) is 0 Å². The van der Waals surface area contributed by atoms with Crippen LogP contribution in [0, 0.1) is 0 Å². The van der Waals surface area contributed by atoms with Crippen LogP contribution in [0.15, 0.2) is 36.4 Å².